The predicted octanol–water partition coefficient (Wildman–Crippen LogP) is 2.48. The number of aromatic nitrogens is 4. The summed E-state index contributed by atoms with van der Waals surface area (Å²) in [6, 6.07) is 11.9. The minimum atomic E-state index is -0.101. The minimum Gasteiger partial charge on any atom is -0.334 e. The van der Waals surface area contributed by atoms with Crippen molar-refractivity contribution >= 4 is 11.8 Å². The predicted molar refractivity (Wildman–Crippen MR) is 118 cm³/mol. The first-order chi connectivity index (χ1) is 15.6. The van der Waals surface area contributed by atoms with Gasteiger partial charge in [0.25, 0.3) is 11.8 Å². The van der Waals surface area contributed by atoms with Crippen LogP contribution in [0.4, 0.5) is 0 Å². The third kappa shape index (κ3) is 3.88. The first-order valence-electron chi connectivity index (χ1n) is 11.1. The summed E-state index contributed by atoms with van der Waals surface area (Å²) in [6.45, 7) is 4.36. The highest BCUT2D eigenvalue weighted by molar-refractivity contribution is 5.95. The van der Waals surface area contributed by atoms with E-state index in [2.05, 4.69) is 27.4 Å². The average Bonchev–Trinajstić information content (AvgIpc) is 3.48. The Balaban J connectivity index is 1.26. The highest BCUT2D eigenvalue weighted by Gasteiger charge is 2.31. The summed E-state index contributed by atoms with van der Waals surface area (Å²) in [4.78, 5) is 34.0. The second-order valence-electron chi connectivity index (χ2n) is 8.50. The number of hydrogen-bond acceptors (Lipinski definition) is 5. The van der Waals surface area contributed by atoms with E-state index in [0.29, 0.717) is 37.4 Å². The number of rotatable bonds is 4. The van der Waals surface area contributed by atoms with Gasteiger partial charge in [0.15, 0.2) is 5.69 Å². The van der Waals surface area contributed by atoms with Gasteiger partial charge >= 0.3 is 0 Å². The summed E-state index contributed by atoms with van der Waals surface area (Å²) >= 11 is 0. The van der Waals surface area contributed by atoms with Crippen LogP contribution in [0.1, 0.15) is 50.5 Å². The zero-order valence-corrected chi connectivity index (χ0v) is 18.1. The lowest BCUT2D eigenvalue weighted by Gasteiger charge is -2.28. The molecule has 0 bridgehead atoms. The van der Waals surface area contributed by atoms with E-state index in [1.54, 1.807) is 23.1 Å². The summed E-state index contributed by atoms with van der Waals surface area (Å²) in [5.74, 6) is -0.0995. The Kier molecular flexibility index (Phi) is 5.43. The van der Waals surface area contributed by atoms with Crippen molar-refractivity contribution < 1.29 is 9.59 Å². The molecule has 0 spiro atoms. The van der Waals surface area contributed by atoms with Gasteiger partial charge in [-0.1, -0.05) is 29.5 Å². The SMILES string of the molecule is Cc1ncccc1C(=O)N1CCC[C@H]1Cn1cc(C(=O)N2CCc3ccccc3C2)nn1. The lowest BCUT2D eigenvalue weighted by Crippen LogP contribution is -2.38. The molecule has 1 fully saturated rings. The fourth-order valence-corrected chi connectivity index (χ4v) is 4.69. The number of carbonyl (C=O) groups is 2. The molecule has 2 aliphatic heterocycles. The van der Waals surface area contributed by atoms with Crippen LogP contribution in [0.2, 0.25) is 0 Å². The lowest BCUT2D eigenvalue weighted by atomic mass is 10.00. The third-order valence-corrected chi connectivity index (χ3v) is 6.45. The van der Waals surface area contributed by atoms with E-state index in [-0.39, 0.29) is 17.9 Å². The van der Waals surface area contributed by atoms with Crippen LogP contribution in [0.3, 0.4) is 0 Å². The summed E-state index contributed by atoms with van der Waals surface area (Å²) in [5.41, 5.74) is 4.21. The average molecular weight is 431 g/mol. The summed E-state index contributed by atoms with van der Waals surface area (Å²) in [7, 11) is 0. The van der Waals surface area contributed by atoms with Crippen LogP contribution >= 0.6 is 0 Å². The number of carbonyl (C=O) groups excluding carboxylic acids is 2. The Morgan fingerprint density at radius 3 is 2.75 bits per heavy atom. The van der Waals surface area contributed by atoms with Crippen LogP contribution < -0.4 is 0 Å². The van der Waals surface area contributed by atoms with Gasteiger partial charge in [-0.25, -0.2) is 4.68 Å². The molecular formula is C24H26N6O2. The fraction of sp³-hybridized carbons (Fsp3) is 0.375. The second-order valence-corrected chi connectivity index (χ2v) is 8.50. The Hall–Kier alpha value is -3.55. The molecule has 5 rings (SSSR count). The van der Waals surface area contributed by atoms with Gasteiger partial charge < -0.3 is 9.80 Å². The van der Waals surface area contributed by atoms with Crippen molar-refractivity contribution in [2.24, 2.45) is 0 Å². The number of pyridine rings is 1. The summed E-state index contributed by atoms with van der Waals surface area (Å²) < 4.78 is 1.69. The highest BCUT2D eigenvalue weighted by atomic mass is 16.2. The molecule has 2 aliphatic rings. The first kappa shape index (κ1) is 20.4. The van der Waals surface area contributed by atoms with Crippen LogP contribution in [0.15, 0.2) is 48.8 Å². The maximum atomic E-state index is 13.1. The Morgan fingerprint density at radius 2 is 1.91 bits per heavy atom. The monoisotopic (exact) mass is 430 g/mol. The molecule has 0 unspecified atom stereocenters. The van der Waals surface area contributed by atoms with Gasteiger partial charge in [-0.3, -0.25) is 14.6 Å². The van der Waals surface area contributed by atoms with E-state index >= 15 is 0 Å². The number of fused-ring (bicyclic) bond motifs is 1. The number of nitrogens with zero attached hydrogens (tertiary/aromatic N) is 6. The number of amides is 2. The van der Waals surface area contributed by atoms with Gasteiger partial charge in [0, 0.05) is 31.5 Å². The van der Waals surface area contributed by atoms with Crippen LogP contribution in [-0.4, -0.2) is 60.7 Å². The van der Waals surface area contributed by atoms with Crippen LogP contribution in [-0.2, 0) is 19.5 Å². The molecule has 4 heterocycles. The Labute approximate surface area is 186 Å². The van der Waals surface area contributed by atoms with Crippen molar-refractivity contribution in [2.75, 3.05) is 13.1 Å². The summed E-state index contributed by atoms with van der Waals surface area (Å²) in [6.07, 6.45) is 6.10. The molecule has 8 nitrogen and oxygen atoms in total. The molecule has 0 radical (unpaired) electrons. The van der Waals surface area contributed by atoms with E-state index in [1.165, 1.54) is 11.1 Å². The molecule has 2 aromatic heterocycles. The van der Waals surface area contributed by atoms with Gasteiger partial charge in [-0.05, 0) is 49.4 Å². The zero-order chi connectivity index (χ0) is 22.1. The number of likely N-dealkylation sites (tertiary alicyclic amines) is 1. The quantitative estimate of drug-likeness (QED) is 0.635. The van der Waals surface area contributed by atoms with E-state index in [9.17, 15) is 9.59 Å². The normalized spacial score (nSPS) is 18.0. The third-order valence-electron chi connectivity index (χ3n) is 6.45. The maximum Gasteiger partial charge on any atom is 0.276 e. The van der Waals surface area contributed by atoms with Crippen LogP contribution in [0.25, 0.3) is 0 Å². The summed E-state index contributed by atoms with van der Waals surface area (Å²) in [5, 5.41) is 8.33. The largest absolute Gasteiger partial charge is 0.334 e. The topological polar surface area (TPSA) is 84.2 Å². The second kappa shape index (κ2) is 8.53. The standard InChI is InChI=1S/C24H26N6O2/c1-17-21(9-4-11-25-17)23(31)30-12-5-8-20(30)15-29-16-22(26-27-29)24(32)28-13-10-18-6-2-3-7-19(18)14-28/h2-4,6-7,9,11,16,20H,5,8,10,12-15H2,1H3/t20-/m0/s1. The molecule has 0 saturated carbocycles. The van der Waals surface area contributed by atoms with Gasteiger partial charge in [0.2, 0.25) is 0 Å². The van der Waals surface area contributed by atoms with Crippen molar-refractivity contribution in [2.45, 2.75) is 45.3 Å². The molecule has 32 heavy (non-hydrogen) atoms. The lowest BCUT2D eigenvalue weighted by molar-refractivity contribution is 0.0713. The molecule has 3 aromatic rings. The molecule has 0 aliphatic carbocycles. The molecule has 1 atom stereocenters. The van der Waals surface area contributed by atoms with Crippen molar-refractivity contribution in [1.82, 2.24) is 29.8 Å². The minimum absolute atomic E-state index is 0.00139. The molecule has 164 valence electrons. The smallest absolute Gasteiger partial charge is 0.276 e. The van der Waals surface area contributed by atoms with Crippen molar-refractivity contribution in [3.63, 3.8) is 0 Å². The van der Waals surface area contributed by atoms with Crippen molar-refractivity contribution in [3.05, 3.63) is 76.9 Å². The zero-order valence-electron chi connectivity index (χ0n) is 18.1. The van der Waals surface area contributed by atoms with Crippen molar-refractivity contribution in [3.8, 4) is 0 Å². The molecule has 2 amide bonds. The first-order valence-corrected chi connectivity index (χ1v) is 11.1. The van der Waals surface area contributed by atoms with Crippen LogP contribution in [0.5, 0.6) is 0 Å². The number of benzene rings is 1. The van der Waals surface area contributed by atoms with E-state index in [1.807, 2.05) is 34.9 Å². The Morgan fingerprint density at radius 1 is 1.06 bits per heavy atom. The maximum absolute atomic E-state index is 13.1. The van der Waals surface area contributed by atoms with E-state index < -0.39 is 0 Å². The molecular weight excluding hydrogens is 404 g/mol. The van der Waals surface area contributed by atoms with E-state index in [4.69, 9.17) is 0 Å². The molecule has 1 saturated heterocycles. The van der Waals surface area contributed by atoms with Gasteiger partial charge in [-0.15, -0.1) is 5.10 Å². The van der Waals surface area contributed by atoms with Gasteiger partial charge in [-0.2, -0.15) is 0 Å². The van der Waals surface area contributed by atoms with Crippen LogP contribution in [0, 0.1) is 6.92 Å². The van der Waals surface area contributed by atoms with Gasteiger partial charge in [0.1, 0.15) is 0 Å². The fourth-order valence-electron chi connectivity index (χ4n) is 4.69. The van der Waals surface area contributed by atoms with Crippen molar-refractivity contribution in [1.29, 1.82) is 0 Å². The molecule has 1 aromatic carbocycles. The number of hydrogen-bond donors (Lipinski definition) is 0. The van der Waals surface area contributed by atoms with Gasteiger partial charge in [0.05, 0.1) is 24.3 Å². The molecule has 0 N–H and O–H groups in total. The Bertz CT molecular complexity index is 1160. The molecule has 8 heteroatoms. The van der Waals surface area contributed by atoms with E-state index in [0.717, 1.165) is 25.0 Å². The highest BCUT2D eigenvalue weighted by Crippen LogP contribution is 2.23. The number of aryl methyl sites for hydroxylation is 1.